The Morgan fingerprint density at radius 1 is 1.33 bits per heavy atom. The molecule has 1 saturated heterocycles. The average molecular weight is 399 g/mol. The summed E-state index contributed by atoms with van der Waals surface area (Å²) in [4.78, 5) is 7.36. The van der Waals surface area contributed by atoms with Crippen molar-refractivity contribution in [1.82, 2.24) is 15.5 Å². The molecule has 27 heavy (non-hydrogen) atoms. The van der Waals surface area contributed by atoms with Crippen LogP contribution in [0.25, 0.3) is 0 Å². The number of hydrogen-bond donors (Lipinski definition) is 3. The molecule has 1 aliphatic heterocycles. The Bertz CT molecular complexity index is 595. The molecule has 6 nitrogen and oxygen atoms in total. The van der Waals surface area contributed by atoms with Gasteiger partial charge < -0.3 is 20.5 Å². The van der Waals surface area contributed by atoms with E-state index in [9.17, 15) is 9.50 Å². The molecule has 3 N–H and O–H groups in total. The van der Waals surface area contributed by atoms with E-state index in [0.29, 0.717) is 43.7 Å². The number of guanidine groups is 1. The molecule has 1 aromatic rings. The van der Waals surface area contributed by atoms with Crippen LogP contribution in [0.15, 0.2) is 34.2 Å². The van der Waals surface area contributed by atoms with Crippen LogP contribution in [0, 0.1) is 5.82 Å². The molecule has 2 rings (SSSR count). The predicted molar refractivity (Wildman–Crippen MR) is 109 cm³/mol. The summed E-state index contributed by atoms with van der Waals surface area (Å²) in [6.07, 6.45) is 0. The van der Waals surface area contributed by atoms with Gasteiger partial charge in [-0.05, 0) is 26.0 Å². The molecule has 1 unspecified atom stereocenters. The van der Waals surface area contributed by atoms with E-state index in [1.54, 1.807) is 12.1 Å². The van der Waals surface area contributed by atoms with Crippen molar-refractivity contribution in [2.24, 2.45) is 4.99 Å². The van der Waals surface area contributed by atoms with E-state index < -0.39 is 5.60 Å². The molecule has 0 amide bonds. The van der Waals surface area contributed by atoms with Gasteiger partial charge in [0.25, 0.3) is 0 Å². The van der Waals surface area contributed by atoms with Crippen LogP contribution in [-0.2, 0) is 4.74 Å². The summed E-state index contributed by atoms with van der Waals surface area (Å²) in [5.74, 6) is 1.19. The molecule has 1 aliphatic rings. The van der Waals surface area contributed by atoms with E-state index in [1.807, 2.05) is 19.9 Å². The predicted octanol–water partition coefficient (Wildman–Crippen LogP) is 1.56. The van der Waals surface area contributed by atoms with Crippen LogP contribution in [0.4, 0.5) is 4.39 Å². The Labute approximate surface area is 165 Å². The summed E-state index contributed by atoms with van der Waals surface area (Å²) >= 11 is 1.47. The van der Waals surface area contributed by atoms with Gasteiger partial charge in [0.1, 0.15) is 5.82 Å². The molecule has 1 aromatic carbocycles. The zero-order chi connectivity index (χ0) is 19.5. The van der Waals surface area contributed by atoms with Gasteiger partial charge in [-0.3, -0.25) is 9.89 Å². The number of ether oxygens (including phenoxy) is 1. The summed E-state index contributed by atoms with van der Waals surface area (Å²) < 4.78 is 19.0. The van der Waals surface area contributed by atoms with Crippen LogP contribution in [0.5, 0.6) is 0 Å². The molecule has 0 saturated carbocycles. The van der Waals surface area contributed by atoms with Crippen molar-refractivity contribution in [1.29, 1.82) is 0 Å². The second kappa shape index (κ2) is 11.5. The normalized spacial score (nSPS) is 18.1. The number of benzene rings is 1. The van der Waals surface area contributed by atoms with Crippen LogP contribution >= 0.6 is 11.8 Å². The second-order valence-corrected chi connectivity index (χ2v) is 7.92. The van der Waals surface area contributed by atoms with Gasteiger partial charge in [0.2, 0.25) is 0 Å². The SMILES string of the molecule is CCNC(=NCC(C)(O)CN1CCOCC1)NCCSc1ccccc1F. The highest BCUT2D eigenvalue weighted by Crippen LogP contribution is 2.20. The van der Waals surface area contributed by atoms with Crippen LogP contribution in [0.1, 0.15) is 13.8 Å². The largest absolute Gasteiger partial charge is 0.387 e. The molecule has 1 heterocycles. The minimum atomic E-state index is -0.901. The molecule has 0 aromatic heterocycles. The van der Waals surface area contributed by atoms with Gasteiger partial charge in [0.05, 0.1) is 25.4 Å². The van der Waals surface area contributed by atoms with Gasteiger partial charge in [-0.15, -0.1) is 11.8 Å². The number of aliphatic imine (C=N–C) groups is 1. The first kappa shape index (κ1) is 21.9. The molecule has 152 valence electrons. The van der Waals surface area contributed by atoms with Gasteiger partial charge in [-0.1, -0.05) is 12.1 Å². The number of hydrogen-bond acceptors (Lipinski definition) is 5. The fourth-order valence-electron chi connectivity index (χ4n) is 2.77. The lowest BCUT2D eigenvalue weighted by atomic mass is 10.1. The van der Waals surface area contributed by atoms with Gasteiger partial charge in [-0.2, -0.15) is 0 Å². The summed E-state index contributed by atoms with van der Waals surface area (Å²) in [5, 5.41) is 17.1. The Morgan fingerprint density at radius 2 is 2.07 bits per heavy atom. The fourth-order valence-corrected chi connectivity index (χ4v) is 3.58. The molecule has 1 fully saturated rings. The van der Waals surface area contributed by atoms with Crippen molar-refractivity contribution in [3.8, 4) is 0 Å². The fraction of sp³-hybridized carbons (Fsp3) is 0.632. The van der Waals surface area contributed by atoms with Crippen LogP contribution in [0.3, 0.4) is 0 Å². The zero-order valence-electron chi connectivity index (χ0n) is 16.2. The van der Waals surface area contributed by atoms with E-state index in [-0.39, 0.29) is 5.82 Å². The van der Waals surface area contributed by atoms with Crippen molar-refractivity contribution >= 4 is 17.7 Å². The molecular weight excluding hydrogens is 367 g/mol. The first-order valence-corrected chi connectivity index (χ1v) is 10.4. The van der Waals surface area contributed by atoms with Gasteiger partial charge >= 0.3 is 0 Å². The Hall–Kier alpha value is -1.35. The number of halogens is 1. The monoisotopic (exact) mass is 398 g/mol. The summed E-state index contributed by atoms with van der Waals surface area (Å²) in [7, 11) is 0. The quantitative estimate of drug-likeness (QED) is 0.254. The minimum Gasteiger partial charge on any atom is -0.387 e. The van der Waals surface area contributed by atoms with Gasteiger partial charge in [0.15, 0.2) is 5.96 Å². The topological polar surface area (TPSA) is 69.1 Å². The van der Waals surface area contributed by atoms with E-state index in [2.05, 4.69) is 20.5 Å². The molecule has 0 spiro atoms. The smallest absolute Gasteiger partial charge is 0.191 e. The molecular formula is C19H31FN4O2S. The van der Waals surface area contributed by atoms with Crippen molar-refractivity contribution in [3.05, 3.63) is 30.1 Å². The molecule has 0 radical (unpaired) electrons. The number of aliphatic hydroxyl groups is 1. The second-order valence-electron chi connectivity index (χ2n) is 6.79. The minimum absolute atomic E-state index is 0.192. The highest BCUT2D eigenvalue weighted by molar-refractivity contribution is 7.99. The van der Waals surface area contributed by atoms with Gasteiger partial charge in [0, 0.05) is 43.4 Å². The molecule has 0 aliphatic carbocycles. The van der Waals surface area contributed by atoms with E-state index in [0.717, 1.165) is 25.4 Å². The van der Waals surface area contributed by atoms with Gasteiger partial charge in [-0.25, -0.2) is 4.39 Å². The lowest BCUT2D eigenvalue weighted by molar-refractivity contribution is -0.0179. The standard InChI is InChI=1S/C19H31FN4O2S/c1-3-21-18(22-8-13-27-17-7-5-4-6-16(17)20)23-14-19(2,25)15-24-9-11-26-12-10-24/h4-7,25H,3,8-15H2,1-2H3,(H2,21,22,23). The Morgan fingerprint density at radius 3 is 2.78 bits per heavy atom. The number of rotatable bonds is 9. The molecule has 8 heteroatoms. The van der Waals surface area contributed by atoms with Crippen molar-refractivity contribution < 1.29 is 14.2 Å². The molecule has 0 bridgehead atoms. The first-order chi connectivity index (χ1) is 13.0. The van der Waals surface area contributed by atoms with Crippen LogP contribution in [0.2, 0.25) is 0 Å². The summed E-state index contributed by atoms with van der Waals surface area (Å²) in [6, 6.07) is 6.78. The van der Waals surface area contributed by atoms with E-state index >= 15 is 0 Å². The van der Waals surface area contributed by atoms with E-state index in [1.165, 1.54) is 17.8 Å². The maximum atomic E-state index is 13.6. The highest BCUT2D eigenvalue weighted by Gasteiger charge is 2.25. The number of nitrogens with one attached hydrogen (secondary N) is 2. The molecule has 1 atom stereocenters. The highest BCUT2D eigenvalue weighted by atomic mass is 32.2. The van der Waals surface area contributed by atoms with Crippen LogP contribution < -0.4 is 10.6 Å². The van der Waals surface area contributed by atoms with Crippen molar-refractivity contribution in [2.75, 3.05) is 58.2 Å². The third-order valence-corrected chi connectivity index (χ3v) is 5.13. The lowest BCUT2D eigenvalue weighted by Crippen LogP contribution is -2.48. The number of nitrogens with zero attached hydrogens (tertiary/aromatic N) is 2. The van der Waals surface area contributed by atoms with Crippen molar-refractivity contribution in [2.45, 2.75) is 24.3 Å². The van der Waals surface area contributed by atoms with E-state index in [4.69, 9.17) is 4.74 Å². The Kier molecular flexibility index (Phi) is 9.33. The summed E-state index contributed by atoms with van der Waals surface area (Å²) in [6.45, 7) is 9.17. The first-order valence-electron chi connectivity index (χ1n) is 9.42. The maximum absolute atomic E-state index is 13.6. The zero-order valence-corrected chi connectivity index (χ0v) is 17.0. The maximum Gasteiger partial charge on any atom is 0.191 e. The Balaban J connectivity index is 1.77. The lowest BCUT2D eigenvalue weighted by Gasteiger charge is -2.33. The average Bonchev–Trinajstić information content (AvgIpc) is 2.65. The third kappa shape index (κ3) is 8.47. The third-order valence-electron chi connectivity index (χ3n) is 4.08. The summed E-state index contributed by atoms with van der Waals surface area (Å²) in [5.41, 5.74) is -0.901. The van der Waals surface area contributed by atoms with Crippen LogP contribution in [-0.4, -0.2) is 79.8 Å². The number of β-amino-alcohol motifs (C(OH)–C–C–N with tert-alkyl or cyclic N) is 1. The van der Waals surface area contributed by atoms with Crippen molar-refractivity contribution in [3.63, 3.8) is 0 Å². The number of morpholine rings is 1. The number of thioether (sulfide) groups is 1.